The summed E-state index contributed by atoms with van der Waals surface area (Å²) in [4.78, 5) is 14.1. The zero-order chi connectivity index (χ0) is 24.4. The molecule has 0 spiro atoms. The summed E-state index contributed by atoms with van der Waals surface area (Å²) in [5.74, 6) is 0.219. The second-order valence-electron chi connectivity index (χ2n) is 9.17. The zero-order valence-corrected chi connectivity index (χ0v) is 20.2. The quantitative estimate of drug-likeness (QED) is 0.519. The van der Waals surface area contributed by atoms with Crippen LogP contribution in [0.4, 0.5) is 22.9 Å². The van der Waals surface area contributed by atoms with Crippen LogP contribution in [-0.4, -0.2) is 63.4 Å². The molecule has 4 N–H and O–H groups in total. The smallest absolute Gasteiger partial charge is 0.212 e. The van der Waals surface area contributed by atoms with E-state index in [1.54, 1.807) is 6.20 Å². The number of amidine groups is 1. The van der Waals surface area contributed by atoms with Crippen LogP contribution in [0, 0.1) is 0 Å². The highest BCUT2D eigenvalue weighted by atomic mass is 16.5. The summed E-state index contributed by atoms with van der Waals surface area (Å²) in [6, 6.07) is 20.5. The van der Waals surface area contributed by atoms with Crippen LogP contribution < -0.4 is 26.2 Å². The minimum Gasteiger partial charge on any atom is -0.378 e. The third-order valence-electron chi connectivity index (χ3n) is 6.85. The van der Waals surface area contributed by atoms with Gasteiger partial charge in [-0.25, -0.2) is 9.98 Å². The number of fused-ring (bicyclic) bond motifs is 1. The summed E-state index contributed by atoms with van der Waals surface area (Å²) in [6.07, 6.45) is 1.76. The van der Waals surface area contributed by atoms with E-state index in [4.69, 9.17) is 20.2 Å². The van der Waals surface area contributed by atoms with Crippen LogP contribution in [0.15, 0.2) is 71.9 Å². The number of nitrogens with one attached hydrogen (secondary N) is 2. The molecular formula is C27H31N7O2. The topological polar surface area (TPSA) is 100 Å². The second kappa shape index (κ2) is 9.77. The molecule has 3 aromatic rings. The maximum atomic E-state index is 6.86. The van der Waals surface area contributed by atoms with Gasteiger partial charge in [-0.3, -0.25) is 5.73 Å². The molecule has 0 amide bonds. The number of hydrogen-bond donors (Lipinski definition) is 3. The van der Waals surface area contributed by atoms with E-state index in [-0.39, 0.29) is 0 Å². The van der Waals surface area contributed by atoms with E-state index >= 15 is 0 Å². The molecule has 0 bridgehead atoms. The van der Waals surface area contributed by atoms with Crippen molar-refractivity contribution in [2.24, 2.45) is 10.7 Å². The number of nitrogens with zero attached hydrogens (tertiary/aromatic N) is 4. The van der Waals surface area contributed by atoms with Crippen LogP contribution in [0.2, 0.25) is 0 Å². The average Bonchev–Trinajstić information content (AvgIpc) is 2.94. The van der Waals surface area contributed by atoms with Crippen LogP contribution in [0.5, 0.6) is 0 Å². The average molecular weight is 486 g/mol. The van der Waals surface area contributed by atoms with Gasteiger partial charge in [-0.2, -0.15) is 0 Å². The third kappa shape index (κ3) is 4.60. The molecule has 9 heteroatoms. The van der Waals surface area contributed by atoms with E-state index in [0.29, 0.717) is 11.7 Å². The number of nitrogens with two attached hydrogens (primary N) is 1. The van der Waals surface area contributed by atoms with E-state index in [0.717, 1.165) is 75.1 Å². The van der Waals surface area contributed by atoms with Crippen molar-refractivity contribution in [2.45, 2.75) is 5.79 Å². The van der Waals surface area contributed by atoms with Crippen LogP contribution in [0.1, 0.15) is 11.1 Å². The fraction of sp³-hybridized carbons (Fsp3) is 0.333. The third-order valence-corrected chi connectivity index (χ3v) is 6.85. The monoisotopic (exact) mass is 485 g/mol. The summed E-state index contributed by atoms with van der Waals surface area (Å²) in [6.45, 7) is 6.62. The van der Waals surface area contributed by atoms with Crippen LogP contribution in [-0.2, 0) is 15.3 Å². The maximum Gasteiger partial charge on any atom is 0.212 e. The predicted molar refractivity (Wildman–Crippen MR) is 143 cm³/mol. The highest BCUT2D eigenvalue weighted by Crippen LogP contribution is 2.32. The van der Waals surface area contributed by atoms with Crippen molar-refractivity contribution in [3.05, 3.63) is 78.0 Å². The SMILES string of the molecule is NC1(c2ccc(N3CCOCC3)cc2)N=C(Nc2ccc(N3CCOCC3)cc2)c2cccnc2N1. The summed E-state index contributed by atoms with van der Waals surface area (Å²) in [7, 11) is 0. The Hall–Kier alpha value is -3.66. The maximum absolute atomic E-state index is 6.86. The Kier molecular flexibility index (Phi) is 6.18. The van der Waals surface area contributed by atoms with Gasteiger partial charge < -0.3 is 29.9 Å². The van der Waals surface area contributed by atoms with Crippen molar-refractivity contribution in [1.29, 1.82) is 0 Å². The molecule has 0 saturated carbocycles. The van der Waals surface area contributed by atoms with Gasteiger partial charge in [-0.05, 0) is 48.5 Å². The highest BCUT2D eigenvalue weighted by molar-refractivity contribution is 6.12. The number of ether oxygens (including phenoxy) is 2. The first-order valence-electron chi connectivity index (χ1n) is 12.4. The largest absolute Gasteiger partial charge is 0.378 e. The lowest BCUT2D eigenvalue weighted by molar-refractivity contribution is 0.122. The normalized spacial score (nSPS) is 21.9. The standard InChI is InChI=1S/C27H31N7O2/c28-27(20-3-7-22(8-4-20)33-12-16-35-17-13-33)31-25-24(2-1-11-29-25)26(32-27)30-21-5-9-23(10-6-21)34-14-18-36-19-15-34/h1-11H,12-19,28H2,(H,29,31)(H,30,32). The number of aliphatic imine (C=N–C) groups is 1. The second-order valence-corrected chi connectivity index (χ2v) is 9.17. The molecule has 1 atom stereocenters. The lowest BCUT2D eigenvalue weighted by atomic mass is 10.0. The van der Waals surface area contributed by atoms with Gasteiger partial charge in [-0.1, -0.05) is 12.1 Å². The van der Waals surface area contributed by atoms with Crippen LogP contribution in [0.25, 0.3) is 0 Å². The molecule has 4 heterocycles. The van der Waals surface area contributed by atoms with Gasteiger partial charge in [0.05, 0.1) is 32.0 Å². The van der Waals surface area contributed by atoms with Crippen LogP contribution >= 0.6 is 0 Å². The number of anilines is 4. The predicted octanol–water partition coefficient (Wildman–Crippen LogP) is 2.81. The number of hydrogen-bond acceptors (Lipinski definition) is 9. The Bertz CT molecular complexity index is 1220. The van der Waals surface area contributed by atoms with Crippen molar-refractivity contribution in [2.75, 3.05) is 73.0 Å². The Balaban J connectivity index is 1.26. The van der Waals surface area contributed by atoms with Gasteiger partial charge in [0.15, 0.2) is 0 Å². The minimum absolute atomic E-state index is 0.677. The lowest BCUT2D eigenvalue weighted by Gasteiger charge is -2.34. The molecule has 1 aromatic heterocycles. The van der Waals surface area contributed by atoms with Gasteiger partial charge >= 0.3 is 0 Å². The van der Waals surface area contributed by atoms with Gasteiger partial charge in [-0.15, -0.1) is 0 Å². The number of morpholine rings is 2. The van der Waals surface area contributed by atoms with Crippen LogP contribution in [0.3, 0.4) is 0 Å². The first kappa shape index (κ1) is 22.8. The Morgan fingerprint density at radius 1 is 0.806 bits per heavy atom. The van der Waals surface area contributed by atoms with Gasteiger partial charge in [0, 0.05) is 55.0 Å². The Morgan fingerprint density at radius 3 is 2.00 bits per heavy atom. The molecule has 0 radical (unpaired) electrons. The van der Waals surface area contributed by atoms with E-state index in [9.17, 15) is 0 Å². The molecule has 3 aliphatic heterocycles. The number of rotatable bonds is 4. The van der Waals surface area contributed by atoms with Gasteiger partial charge in [0.1, 0.15) is 11.7 Å². The van der Waals surface area contributed by atoms with Gasteiger partial charge in [0.25, 0.3) is 0 Å². The number of pyridine rings is 1. The first-order valence-corrected chi connectivity index (χ1v) is 12.4. The molecule has 186 valence electrons. The minimum atomic E-state index is -1.15. The Labute approximate surface area is 210 Å². The lowest BCUT2D eigenvalue weighted by Crippen LogP contribution is -2.47. The molecule has 36 heavy (non-hydrogen) atoms. The molecule has 6 rings (SSSR count). The molecule has 2 saturated heterocycles. The van der Waals surface area contributed by atoms with E-state index in [1.807, 2.05) is 24.3 Å². The highest BCUT2D eigenvalue weighted by Gasteiger charge is 2.34. The summed E-state index contributed by atoms with van der Waals surface area (Å²) in [5.41, 5.74) is 11.9. The van der Waals surface area contributed by atoms with E-state index < -0.39 is 5.79 Å². The zero-order valence-electron chi connectivity index (χ0n) is 20.2. The fourth-order valence-corrected chi connectivity index (χ4v) is 4.83. The van der Waals surface area contributed by atoms with E-state index in [2.05, 4.69) is 61.8 Å². The molecule has 2 aromatic carbocycles. The molecule has 3 aliphatic rings. The van der Waals surface area contributed by atoms with E-state index in [1.165, 1.54) is 5.69 Å². The van der Waals surface area contributed by atoms with Crippen molar-refractivity contribution >= 4 is 28.7 Å². The molecule has 9 nitrogen and oxygen atoms in total. The Morgan fingerprint density at radius 2 is 1.39 bits per heavy atom. The van der Waals surface area contributed by atoms with Crippen molar-refractivity contribution in [3.63, 3.8) is 0 Å². The molecule has 0 aliphatic carbocycles. The number of benzene rings is 2. The summed E-state index contributed by atoms with van der Waals surface area (Å²) >= 11 is 0. The molecule has 2 fully saturated rings. The van der Waals surface area contributed by atoms with Gasteiger partial charge in [0.2, 0.25) is 5.79 Å². The van der Waals surface area contributed by atoms with Crippen molar-refractivity contribution < 1.29 is 9.47 Å². The molecular weight excluding hydrogens is 454 g/mol. The van der Waals surface area contributed by atoms with Crippen molar-refractivity contribution in [1.82, 2.24) is 4.98 Å². The van der Waals surface area contributed by atoms with Crippen molar-refractivity contribution in [3.8, 4) is 0 Å². The number of aromatic nitrogens is 1. The molecule has 1 unspecified atom stereocenters. The summed E-state index contributed by atoms with van der Waals surface area (Å²) in [5, 5.41) is 6.82. The first-order chi connectivity index (χ1) is 17.7. The fourth-order valence-electron chi connectivity index (χ4n) is 4.83. The summed E-state index contributed by atoms with van der Waals surface area (Å²) < 4.78 is 10.9.